The summed E-state index contributed by atoms with van der Waals surface area (Å²) in [6, 6.07) is 0. The van der Waals surface area contributed by atoms with Crippen LogP contribution in [-0.4, -0.2) is 14.7 Å². The van der Waals surface area contributed by atoms with Gasteiger partial charge in [-0.3, -0.25) is 14.8 Å². The zero-order chi connectivity index (χ0) is 10.0. The Morgan fingerprint density at radius 3 is 2.62 bits per heavy atom. The summed E-state index contributed by atoms with van der Waals surface area (Å²) >= 11 is 6.17. The SMILES string of the molecule is CCCn1nc(Br)c([N+](=O)[O-])c1Br. The molecule has 0 amide bonds. The second-order valence-electron chi connectivity index (χ2n) is 2.41. The van der Waals surface area contributed by atoms with Crippen LogP contribution in [0.1, 0.15) is 13.3 Å². The van der Waals surface area contributed by atoms with Gasteiger partial charge >= 0.3 is 5.69 Å². The Hall–Kier alpha value is -0.430. The average molecular weight is 313 g/mol. The van der Waals surface area contributed by atoms with Crippen molar-refractivity contribution in [1.82, 2.24) is 9.78 Å². The summed E-state index contributed by atoms with van der Waals surface area (Å²) in [5, 5.41) is 14.5. The van der Waals surface area contributed by atoms with E-state index in [1.54, 1.807) is 4.68 Å². The van der Waals surface area contributed by atoms with E-state index in [9.17, 15) is 10.1 Å². The quantitative estimate of drug-likeness (QED) is 0.637. The predicted octanol–water partition coefficient (Wildman–Crippen LogP) is 2.73. The van der Waals surface area contributed by atoms with Gasteiger partial charge in [-0.1, -0.05) is 6.92 Å². The molecule has 0 atom stereocenters. The summed E-state index contributed by atoms with van der Waals surface area (Å²) in [7, 11) is 0. The van der Waals surface area contributed by atoms with Gasteiger partial charge in [0.15, 0.2) is 4.60 Å². The first-order valence-electron chi connectivity index (χ1n) is 3.64. The first-order chi connectivity index (χ1) is 6.07. The largest absolute Gasteiger partial charge is 0.335 e. The van der Waals surface area contributed by atoms with Crippen LogP contribution < -0.4 is 0 Å². The van der Waals surface area contributed by atoms with Crippen molar-refractivity contribution in [2.75, 3.05) is 0 Å². The molecule has 13 heavy (non-hydrogen) atoms. The average Bonchev–Trinajstić information content (AvgIpc) is 2.28. The molecule has 1 aromatic heterocycles. The smallest absolute Gasteiger partial charge is 0.258 e. The van der Waals surface area contributed by atoms with Crippen LogP contribution in [0.4, 0.5) is 5.69 Å². The van der Waals surface area contributed by atoms with Crippen molar-refractivity contribution in [3.8, 4) is 0 Å². The molecule has 1 rings (SSSR count). The summed E-state index contributed by atoms with van der Waals surface area (Å²) in [5.74, 6) is 0. The minimum Gasteiger partial charge on any atom is -0.258 e. The summed E-state index contributed by atoms with van der Waals surface area (Å²) in [4.78, 5) is 10.1. The highest BCUT2D eigenvalue weighted by Gasteiger charge is 2.23. The number of rotatable bonds is 3. The van der Waals surface area contributed by atoms with Crippen molar-refractivity contribution in [2.45, 2.75) is 19.9 Å². The minimum absolute atomic E-state index is 0.0200. The van der Waals surface area contributed by atoms with E-state index >= 15 is 0 Å². The van der Waals surface area contributed by atoms with Gasteiger partial charge < -0.3 is 0 Å². The van der Waals surface area contributed by atoms with E-state index in [0.717, 1.165) is 6.42 Å². The summed E-state index contributed by atoms with van der Waals surface area (Å²) in [6.07, 6.45) is 0.879. The van der Waals surface area contributed by atoms with Gasteiger partial charge in [0.05, 0.1) is 4.92 Å². The zero-order valence-electron chi connectivity index (χ0n) is 6.83. The highest BCUT2D eigenvalue weighted by Crippen LogP contribution is 2.32. The highest BCUT2D eigenvalue weighted by atomic mass is 79.9. The van der Waals surface area contributed by atoms with Gasteiger partial charge in [0.1, 0.15) is 0 Å². The molecule has 72 valence electrons. The third-order valence-electron chi connectivity index (χ3n) is 1.44. The predicted molar refractivity (Wildman–Crippen MR) is 54.6 cm³/mol. The Morgan fingerprint density at radius 2 is 2.23 bits per heavy atom. The fraction of sp³-hybridized carbons (Fsp3) is 0.500. The van der Waals surface area contributed by atoms with Crippen molar-refractivity contribution in [3.05, 3.63) is 19.3 Å². The highest BCUT2D eigenvalue weighted by molar-refractivity contribution is 9.11. The maximum Gasteiger partial charge on any atom is 0.335 e. The molecule has 0 saturated heterocycles. The molecule has 0 aliphatic heterocycles. The number of aryl methyl sites for hydroxylation is 1. The van der Waals surface area contributed by atoms with Crippen LogP contribution >= 0.6 is 31.9 Å². The van der Waals surface area contributed by atoms with Crippen molar-refractivity contribution in [2.24, 2.45) is 0 Å². The molecular weight excluding hydrogens is 306 g/mol. The molecular formula is C6H7Br2N3O2. The molecule has 0 bridgehead atoms. The third kappa shape index (κ3) is 2.08. The molecule has 0 aliphatic carbocycles. The Bertz CT molecular complexity index is 337. The van der Waals surface area contributed by atoms with Gasteiger partial charge in [-0.15, -0.1) is 0 Å². The molecule has 0 N–H and O–H groups in total. The van der Waals surface area contributed by atoms with Crippen LogP contribution in [0, 0.1) is 10.1 Å². The summed E-state index contributed by atoms with van der Waals surface area (Å²) in [5.41, 5.74) is -0.0200. The minimum atomic E-state index is -0.465. The first kappa shape index (κ1) is 10.6. The molecule has 0 unspecified atom stereocenters. The molecule has 0 aliphatic rings. The van der Waals surface area contributed by atoms with Crippen LogP contribution in [0.3, 0.4) is 0 Å². The van der Waals surface area contributed by atoms with E-state index in [0.29, 0.717) is 11.1 Å². The van der Waals surface area contributed by atoms with Crippen molar-refractivity contribution in [1.29, 1.82) is 0 Å². The Kier molecular flexibility index (Phi) is 3.43. The standard InChI is InChI=1S/C6H7Br2N3O2/c1-2-3-10-6(8)4(11(12)13)5(7)9-10/h2-3H2,1H3. The van der Waals surface area contributed by atoms with Crippen molar-refractivity contribution in [3.63, 3.8) is 0 Å². The molecule has 1 heterocycles. The van der Waals surface area contributed by atoms with Crippen LogP contribution in [-0.2, 0) is 6.54 Å². The molecule has 7 heteroatoms. The lowest BCUT2D eigenvalue weighted by Crippen LogP contribution is -1.99. The second kappa shape index (κ2) is 4.19. The van der Waals surface area contributed by atoms with Gasteiger partial charge in [-0.05, 0) is 38.3 Å². The number of nitrogens with zero attached hydrogens (tertiary/aromatic N) is 3. The maximum absolute atomic E-state index is 10.6. The lowest BCUT2D eigenvalue weighted by molar-refractivity contribution is -0.386. The molecule has 0 radical (unpaired) electrons. The van der Waals surface area contributed by atoms with Crippen molar-refractivity contribution >= 4 is 37.5 Å². The number of nitro groups is 1. The van der Waals surface area contributed by atoms with Gasteiger partial charge in [-0.2, -0.15) is 5.10 Å². The lowest BCUT2D eigenvalue weighted by atomic mass is 10.5. The fourth-order valence-electron chi connectivity index (χ4n) is 0.915. The molecule has 0 fully saturated rings. The molecule has 5 nitrogen and oxygen atoms in total. The number of halogens is 2. The number of aromatic nitrogens is 2. The first-order valence-corrected chi connectivity index (χ1v) is 5.22. The summed E-state index contributed by atoms with van der Waals surface area (Å²) in [6.45, 7) is 2.64. The molecule has 0 saturated carbocycles. The van der Waals surface area contributed by atoms with Crippen LogP contribution in [0.25, 0.3) is 0 Å². The molecule has 0 aromatic carbocycles. The van der Waals surface area contributed by atoms with Gasteiger partial charge in [0.25, 0.3) is 0 Å². The van der Waals surface area contributed by atoms with Crippen LogP contribution in [0.5, 0.6) is 0 Å². The molecule has 1 aromatic rings. The third-order valence-corrected chi connectivity index (χ3v) is 2.76. The van der Waals surface area contributed by atoms with Gasteiger partial charge in [-0.25, -0.2) is 0 Å². The zero-order valence-corrected chi connectivity index (χ0v) is 10.0. The summed E-state index contributed by atoms with van der Waals surface area (Å²) < 4.78 is 2.23. The maximum atomic E-state index is 10.6. The van der Waals surface area contributed by atoms with E-state index in [4.69, 9.17) is 0 Å². The van der Waals surface area contributed by atoms with Gasteiger partial charge in [0.2, 0.25) is 4.60 Å². The lowest BCUT2D eigenvalue weighted by Gasteiger charge is -1.96. The Balaban J connectivity index is 3.14. The van der Waals surface area contributed by atoms with Crippen LogP contribution in [0.2, 0.25) is 0 Å². The van der Waals surface area contributed by atoms with E-state index in [2.05, 4.69) is 37.0 Å². The van der Waals surface area contributed by atoms with E-state index in [1.165, 1.54) is 0 Å². The second-order valence-corrected chi connectivity index (χ2v) is 3.91. The number of hydrogen-bond acceptors (Lipinski definition) is 3. The van der Waals surface area contributed by atoms with E-state index in [1.807, 2.05) is 6.92 Å². The van der Waals surface area contributed by atoms with E-state index < -0.39 is 4.92 Å². The topological polar surface area (TPSA) is 61.0 Å². The van der Waals surface area contributed by atoms with E-state index in [-0.39, 0.29) is 10.3 Å². The van der Waals surface area contributed by atoms with Gasteiger partial charge in [0, 0.05) is 6.54 Å². The van der Waals surface area contributed by atoms with Crippen LogP contribution in [0.15, 0.2) is 9.21 Å². The fourth-order valence-corrected chi connectivity index (χ4v) is 2.29. The molecule has 0 spiro atoms. The Labute approximate surface area is 91.5 Å². The van der Waals surface area contributed by atoms with Crippen molar-refractivity contribution < 1.29 is 4.92 Å². The Morgan fingerprint density at radius 1 is 1.62 bits per heavy atom. The monoisotopic (exact) mass is 311 g/mol. The normalized spacial score (nSPS) is 10.4. The number of hydrogen-bond donors (Lipinski definition) is 0.